The maximum atomic E-state index is 12.5. The van der Waals surface area contributed by atoms with E-state index in [-0.39, 0.29) is 31.5 Å². The van der Waals surface area contributed by atoms with Gasteiger partial charge < -0.3 is 19.3 Å². The first-order valence-electron chi connectivity index (χ1n) is 9.66. The number of benzene rings is 2. The quantitative estimate of drug-likeness (QED) is 0.368. The minimum Gasteiger partial charge on any atom is -0.491 e. The van der Waals surface area contributed by atoms with Crippen molar-refractivity contribution in [1.82, 2.24) is 0 Å². The SMILES string of the molecule is C[C@@H](CCOC(=O)CS)[C@@H](OC(=O)Nc1ccccc1)c1cccc(OCCO)c1. The second kappa shape index (κ2) is 12.8. The molecule has 0 spiro atoms. The molecular weight excluding hydrogens is 406 g/mol. The molecule has 0 unspecified atom stereocenters. The number of hydrogen-bond acceptors (Lipinski definition) is 7. The third-order valence-electron chi connectivity index (χ3n) is 4.28. The highest BCUT2D eigenvalue weighted by atomic mass is 32.1. The highest BCUT2D eigenvalue weighted by molar-refractivity contribution is 7.81. The zero-order valence-corrected chi connectivity index (χ0v) is 17.7. The number of ether oxygens (including phenoxy) is 3. The number of aliphatic hydroxyl groups excluding tert-OH is 1. The van der Waals surface area contributed by atoms with Crippen molar-refractivity contribution in [3.05, 3.63) is 60.2 Å². The molecule has 8 heteroatoms. The molecule has 2 aromatic rings. The van der Waals surface area contributed by atoms with Gasteiger partial charge in [0, 0.05) is 11.6 Å². The summed E-state index contributed by atoms with van der Waals surface area (Å²) >= 11 is 3.89. The summed E-state index contributed by atoms with van der Waals surface area (Å²) in [6, 6.07) is 16.2. The molecule has 0 saturated heterocycles. The second-order valence-corrected chi connectivity index (χ2v) is 6.92. The van der Waals surface area contributed by atoms with Crippen LogP contribution in [0, 0.1) is 5.92 Å². The smallest absolute Gasteiger partial charge is 0.412 e. The largest absolute Gasteiger partial charge is 0.491 e. The zero-order valence-electron chi connectivity index (χ0n) is 16.8. The third kappa shape index (κ3) is 7.96. The van der Waals surface area contributed by atoms with E-state index >= 15 is 0 Å². The normalized spacial score (nSPS) is 12.5. The fourth-order valence-electron chi connectivity index (χ4n) is 2.80. The standard InChI is InChI=1S/C22H27NO6S/c1-16(10-12-28-20(25)15-30)21(17-6-5-9-19(14-17)27-13-11-24)29-22(26)23-18-7-3-2-4-8-18/h2-9,14,16,21,24,30H,10-13,15H2,1H3,(H,23,26)/t16-,21+/m0/s1. The van der Waals surface area contributed by atoms with Crippen LogP contribution in [0.1, 0.15) is 25.0 Å². The molecule has 0 bridgehead atoms. The van der Waals surface area contributed by atoms with Crippen molar-refractivity contribution >= 4 is 30.4 Å². The Labute approximate surface area is 181 Å². The highest BCUT2D eigenvalue weighted by Crippen LogP contribution is 2.31. The minimum atomic E-state index is -0.596. The van der Waals surface area contributed by atoms with Crippen LogP contribution in [0.15, 0.2) is 54.6 Å². The number of hydrogen-bond donors (Lipinski definition) is 3. The lowest BCUT2D eigenvalue weighted by Gasteiger charge is -2.25. The Bertz CT molecular complexity index is 801. The molecule has 0 heterocycles. The molecule has 2 N–H and O–H groups in total. The van der Waals surface area contributed by atoms with Crippen molar-refractivity contribution in [2.24, 2.45) is 5.92 Å². The molecule has 0 aliphatic rings. The van der Waals surface area contributed by atoms with Crippen LogP contribution in [0.4, 0.5) is 10.5 Å². The van der Waals surface area contributed by atoms with Gasteiger partial charge in [-0.15, -0.1) is 0 Å². The Hall–Kier alpha value is -2.71. The predicted octanol–water partition coefficient (Wildman–Crippen LogP) is 3.85. The summed E-state index contributed by atoms with van der Waals surface area (Å²) in [7, 11) is 0. The van der Waals surface area contributed by atoms with Crippen LogP contribution in [-0.2, 0) is 14.3 Å². The fraction of sp³-hybridized carbons (Fsp3) is 0.364. The number of carbonyl (C=O) groups is 2. The molecular formula is C22H27NO6S. The van der Waals surface area contributed by atoms with Crippen molar-refractivity contribution in [3.63, 3.8) is 0 Å². The molecule has 0 aromatic heterocycles. The molecule has 2 atom stereocenters. The number of thiol groups is 1. The van der Waals surface area contributed by atoms with Crippen molar-refractivity contribution in [2.45, 2.75) is 19.4 Å². The number of esters is 1. The average Bonchev–Trinajstić information content (AvgIpc) is 2.76. The molecule has 0 aliphatic heterocycles. The molecule has 2 aromatic carbocycles. The lowest BCUT2D eigenvalue weighted by atomic mass is 9.94. The molecule has 30 heavy (non-hydrogen) atoms. The molecule has 0 radical (unpaired) electrons. The van der Waals surface area contributed by atoms with Gasteiger partial charge in [0.1, 0.15) is 18.5 Å². The van der Waals surface area contributed by atoms with Crippen molar-refractivity contribution in [2.75, 3.05) is 30.9 Å². The van der Waals surface area contributed by atoms with Crippen LogP contribution < -0.4 is 10.1 Å². The van der Waals surface area contributed by atoms with Crippen LogP contribution in [-0.4, -0.2) is 42.7 Å². The Morgan fingerprint density at radius 2 is 1.87 bits per heavy atom. The van der Waals surface area contributed by atoms with Gasteiger partial charge >= 0.3 is 12.1 Å². The van der Waals surface area contributed by atoms with Gasteiger partial charge in [0.2, 0.25) is 0 Å². The second-order valence-electron chi connectivity index (χ2n) is 6.61. The molecule has 162 valence electrons. The van der Waals surface area contributed by atoms with Crippen molar-refractivity contribution in [3.8, 4) is 5.75 Å². The summed E-state index contributed by atoms with van der Waals surface area (Å²) in [4.78, 5) is 23.8. The summed E-state index contributed by atoms with van der Waals surface area (Å²) in [5, 5.41) is 11.7. The molecule has 2 rings (SSSR count). The number of para-hydroxylation sites is 1. The summed E-state index contributed by atoms with van der Waals surface area (Å²) < 4.78 is 16.3. The van der Waals surface area contributed by atoms with Gasteiger partial charge in [-0.3, -0.25) is 10.1 Å². The van der Waals surface area contributed by atoms with Crippen LogP contribution in [0.5, 0.6) is 5.75 Å². The maximum Gasteiger partial charge on any atom is 0.412 e. The first-order valence-corrected chi connectivity index (χ1v) is 10.3. The van der Waals surface area contributed by atoms with E-state index in [4.69, 9.17) is 19.3 Å². The zero-order chi connectivity index (χ0) is 21.8. The van der Waals surface area contributed by atoms with E-state index < -0.39 is 18.2 Å². The number of anilines is 1. The van der Waals surface area contributed by atoms with Crippen molar-refractivity contribution in [1.29, 1.82) is 0 Å². The summed E-state index contributed by atoms with van der Waals surface area (Å²) in [5.41, 5.74) is 1.36. The van der Waals surface area contributed by atoms with Gasteiger partial charge in [-0.1, -0.05) is 37.3 Å². The van der Waals surface area contributed by atoms with Gasteiger partial charge in [0.15, 0.2) is 0 Å². The van der Waals surface area contributed by atoms with Gasteiger partial charge in [-0.05, 0) is 36.2 Å². The molecule has 0 fully saturated rings. The van der Waals surface area contributed by atoms with Gasteiger partial charge in [-0.2, -0.15) is 12.6 Å². The topological polar surface area (TPSA) is 94.1 Å². The van der Waals surface area contributed by atoms with E-state index in [0.29, 0.717) is 17.9 Å². The number of rotatable bonds is 11. The summed E-state index contributed by atoms with van der Waals surface area (Å²) in [6.07, 6.45) is -0.696. The number of carbonyl (C=O) groups excluding carboxylic acids is 2. The Balaban J connectivity index is 2.12. The van der Waals surface area contributed by atoms with Crippen molar-refractivity contribution < 1.29 is 28.9 Å². The Morgan fingerprint density at radius 1 is 1.10 bits per heavy atom. The van der Waals surface area contributed by atoms with E-state index in [0.717, 1.165) is 5.56 Å². The monoisotopic (exact) mass is 433 g/mol. The van der Waals surface area contributed by atoms with E-state index in [1.165, 1.54) is 0 Å². The molecule has 0 saturated carbocycles. The van der Waals surface area contributed by atoms with E-state index in [9.17, 15) is 9.59 Å². The minimum absolute atomic E-state index is 0.0119. The lowest BCUT2D eigenvalue weighted by molar-refractivity contribution is -0.141. The summed E-state index contributed by atoms with van der Waals surface area (Å²) in [6.45, 7) is 2.17. The van der Waals surface area contributed by atoms with Crippen LogP contribution in [0.2, 0.25) is 0 Å². The number of nitrogens with one attached hydrogen (secondary N) is 1. The van der Waals surface area contributed by atoms with Crippen LogP contribution in [0.3, 0.4) is 0 Å². The Kier molecular flexibility index (Phi) is 10.0. The van der Waals surface area contributed by atoms with Gasteiger partial charge in [0.05, 0.1) is 19.0 Å². The highest BCUT2D eigenvalue weighted by Gasteiger charge is 2.24. The summed E-state index contributed by atoms with van der Waals surface area (Å²) in [5.74, 6) is 0.0294. The average molecular weight is 434 g/mol. The number of aliphatic hydroxyl groups is 1. The molecule has 0 aliphatic carbocycles. The van der Waals surface area contributed by atoms with E-state index in [1.54, 1.807) is 30.3 Å². The number of amides is 1. The molecule has 7 nitrogen and oxygen atoms in total. The van der Waals surface area contributed by atoms with Gasteiger partial charge in [-0.25, -0.2) is 4.79 Å². The fourth-order valence-corrected chi connectivity index (χ4v) is 2.89. The predicted molar refractivity (Wildman–Crippen MR) is 117 cm³/mol. The third-order valence-corrected chi connectivity index (χ3v) is 4.54. The lowest BCUT2D eigenvalue weighted by Crippen LogP contribution is -2.23. The van der Waals surface area contributed by atoms with Crippen LogP contribution >= 0.6 is 12.6 Å². The van der Waals surface area contributed by atoms with Crippen LogP contribution in [0.25, 0.3) is 0 Å². The first-order chi connectivity index (χ1) is 14.5. The first kappa shape index (κ1) is 23.6. The maximum absolute atomic E-state index is 12.5. The van der Waals surface area contributed by atoms with E-state index in [2.05, 4.69) is 17.9 Å². The van der Waals surface area contributed by atoms with Gasteiger partial charge in [0.25, 0.3) is 0 Å². The Morgan fingerprint density at radius 3 is 2.57 bits per heavy atom. The molecule has 1 amide bonds. The van der Waals surface area contributed by atoms with E-state index in [1.807, 2.05) is 31.2 Å².